The SMILES string of the molecule is COc1ccc(NC(=O)CCn2cnc3sccc3c2=O)cc1Cl. The van der Waals surface area contributed by atoms with Crippen LogP contribution in [0.1, 0.15) is 6.42 Å². The zero-order chi connectivity index (χ0) is 17.1. The number of anilines is 1. The minimum absolute atomic E-state index is 0.137. The predicted octanol–water partition coefficient (Wildman–Crippen LogP) is 3.15. The monoisotopic (exact) mass is 363 g/mol. The van der Waals surface area contributed by atoms with Gasteiger partial charge in [-0.3, -0.25) is 14.2 Å². The van der Waals surface area contributed by atoms with Crippen LogP contribution in [-0.4, -0.2) is 22.6 Å². The lowest BCUT2D eigenvalue weighted by atomic mass is 10.3. The molecular formula is C16H14ClN3O3S. The van der Waals surface area contributed by atoms with Gasteiger partial charge in [0, 0.05) is 18.7 Å². The van der Waals surface area contributed by atoms with Crippen LogP contribution in [0.4, 0.5) is 5.69 Å². The molecule has 0 saturated carbocycles. The summed E-state index contributed by atoms with van der Waals surface area (Å²) in [5.41, 5.74) is 0.436. The van der Waals surface area contributed by atoms with Crippen LogP contribution in [0.3, 0.4) is 0 Å². The predicted molar refractivity (Wildman–Crippen MR) is 95.1 cm³/mol. The molecule has 0 atom stereocenters. The third kappa shape index (κ3) is 3.42. The van der Waals surface area contributed by atoms with Gasteiger partial charge in [0.1, 0.15) is 10.6 Å². The average Bonchev–Trinajstić information content (AvgIpc) is 3.04. The highest BCUT2D eigenvalue weighted by atomic mass is 35.5. The Kier molecular flexibility index (Phi) is 4.82. The number of hydrogen-bond donors (Lipinski definition) is 1. The van der Waals surface area contributed by atoms with Gasteiger partial charge in [0.05, 0.1) is 23.8 Å². The zero-order valence-corrected chi connectivity index (χ0v) is 14.4. The molecule has 3 rings (SSSR count). The summed E-state index contributed by atoms with van der Waals surface area (Å²) in [5.74, 6) is 0.324. The number of fused-ring (bicyclic) bond motifs is 1. The van der Waals surface area contributed by atoms with Crippen molar-refractivity contribution >= 4 is 44.7 Å². The van der Waals surface area contributed by atoms with Gasteiger partial charge in [-0.1, -0.05) is 11.6 Å². The second kappa shape index (κ2) is 7.02. The van der Waals surface area contributed by atoms with Crippen molar-refractivity contribution in [3.63, 3.8) is 0 Å². The Morgan fingerprint density at radius 3 is 3.00 bits per heavy atom. The molecule has 0 aliphatic heterocycles. The van der Waals surface area contributed by atoms with Gasteiger partial charge in [0.25, 0.3) is 5.56 Å². The maximum absolute atomic E-state index is 12.2. The molecule has 124 valence electrons. The van der Waals surface area contributed by atoms with Crippen LogP contribution in [0.2, 0.25) is 5.02 Å². The van der Waals surface area contributed by atoms with Crippen LogP contribution in [0, 0.1) is 0 Å². The van der Waals surface area contributed by atoms with E-state index in [4.69, 9.17) is 16.3 Å². The average molecular weight is 364 g/mol. The molecule has 0 bridgehead atoms. The summed E-state index contributed by atoms with van der Waals surface area (Å²) in [7, 11) is 1.52. The van der Waals surface area contributed by atoms with E-state index in [-0.39, 0.29) is 24.4 Å². The number of nitrogens with zero attached hydrogens (tertiary/aromatic N) is 2. The van der Waals surface area contributed by atoms with Gasteiger partial charge < -0.3 is 10.1 Å². The summed E-state index contributed by atoms with van der Waals surface area (Å²) < 4.78 is 6.50. The fraction of sp³-hybridized carbons (Fsp3) is 0.188. The summed E-state index contributed by atoms with van der Waals surface area (Å²) in [6.45, 7) is 0.257. The molecule has 0 spiro atoms. The fourth-order valence-corrected chi connectivity index (χ4v) is 3.22. The van der Waals surface area contributed by atoms with E-state index >= 15 is 0 Å². The van der Waals surface area contributed by atoms with Gasteiger partial charge in [-0.15, -0.1) is 11.3 Å². The number of carbonyl (C=O) groups is 1. The minimum atomic E-state index is -0.214. The number of ether oxygens (including phenoxy) is 1. The van der Waals surface area contributed by atoms with Crippen LogP contribution in [0.5, 0.6) is 5.75 Å². The van der Waals surface area contributed by atoms with Crippen LogP contribution in [-0.2, 0) is 11.3 Å². The lowest BCUT2D eigenvalue weighted by molar-refractivity contribution is -0.116. The van der Waals surface area contributed by atoms with Crippen molar-refractivity contribution in [1.82, 2.24) is 9.55 Å². The number of aryl methyl sites for hydroxylation is 1. The highest BCUT2D eigenvalue weighted by Crippen LogP contribution is 2.27. The van der Waals surface area contributed by atoms with Gasteiger partial charge in [-0.2, -0.15) is 0 Å². The molecule has 1 aromatic carbocycles. The normalized spacial score (nSPS) is 10.8. The molecule has 2 heterocycles. The van der Waals surface area contributed by atoms with E-state index in [1.807, 2.05) is 5.38 Å². The van der Waals surface area contributed by atoms with E-state index in [0.717, 1.165) is 0 Å². The number of thiophene rings is 1. The molecule has 0 saturated heterocycles. The molecule has 8 heteroatoms. The number of rotatable bonds is 5. The third-order valence-corrected chi connectivity index (χ3v) is 4.58. The van der Waals surface area contributed by atoms with E-state index < -0.39 is 0 Å². The second-order valence-corrected chi connectivity index (χ2v) is 6.33. The molecule has 24 heavy (non-hydrogen) atoms. The number of amides is 1. The molecule has 3 aromatic rings. The van der Waals surface area contributed by atoms with Gasteiger partial charge >= 0.3 is 0 Å². The van der Waals surface area contributed by atoms with Crippen molar-refractivity contribution in [2.75, 3.05) is 12.4 Å². The summed E-state index contributed by atoms with van der Waals surface area (Å²) >= 11 is 7.44. The first-order valence-corrected chi connectivity index (χ1v) is 8.40. The maximum atomic E-state index is 12.2. The molecule has 0 unspecified atom stereocenters. The summed E-state index contributed by atoms with van der Waals surface area (Å²) in [5, 5.41) is 5.56. The molecule has 0 aliphatic rings. The standard InChI is InChI=1S/C16H14ClN3O3S/c1-23-13-3-2-10(8-12(13)17)19-14(21)4-6-20-9-18-15-11(16(20)22)5-7-24-15/h2-3,5,7-9H,4,6H2,1H3,(H,19,21). The van der Waals surface area contributed by atoms with Crippen molar-refractivity contribution in [3.05, 3.63) is 51.3 Å². The number of nitrogens with one attached hydrogen (secondary N) is 1. The van der Waals surface area contributed by atoms with E-state index in [0.29, 0.717) is 26.7 Å². The Morgan fingerprint density at radius 1 is 1.42 bits per heavy atom. The number of methoxy groups -OCH3 is 1. The van der Waals surface area contributed by atoms with Crippen LogP contribution in [0.15, 0.2) is 40.8 Å². The van der Waals surface area contributed by atoms with Gasteiger partial charge in [-0.05, 0) is 29.6 Å². The first-order chi connectivity index (χ1) is 11.6. The maximum Gasteiger partial charge on any atom is 0.262 e. The van der Waals surface area contributed by atoms with Crippen molar-refractivity contribution < 1.29 is 9.53 Å². The molecule has 0 fully saturated rings. The summed E-state index contributed by atoms with van der Waals surface area (Å²) in [6.07, 6.45) is 1.62. The Labute approximate surface area is 146 Å². The summed E-state index contributed by atoms with van der Waals surface area (Å²) in [6, 6.07) is 6.74. The lowest BCUT2D eigenvalue weighted by Crippen LogP contribution is -2.23. The highest BCUT2D eigenvalue weighted by Gasteiger charge is 2.09. The molecule has 1 N–H and O–H groups in total. The zero-order valence-electron chi connectivity index (χ0n) is 12.8. The number of hydrogen-bond acceptors (Lipinski definition) is 5. The van der Waals surface area contributed by atoms with Crippen LogP contribution in [0.25, 0.3) is 10.2 Å². The van der Waals surface area contributed by atoms with Crippen molar-refractivity contribution in [3.8, 4) is 5.75 Å². The smallest absolute Gasteiger partial charge is 0.262 e. The van der Waals surface area contributed by atoms with E-state index in [2.05, 4.69) is 10.3 Å². The summed E-state index contributed by atoms with van der Waals surface area (Å²) in [4.78, 5) is 29.2. The molecule has 1 amide bonds. The number of halogens is 1. The first kappa shape index (κ1) is 16.5. The quantitative estimate of drug-likeness (QED) is 0.755. The topological polar surface area (TPSA) is 73.2 Å². The number of benzene rings is 1. The first-order valence-electron chi connectivity index (χ1n) is 7.14. The third-order valence-electron chi connectivity index (χ3n) is 3.47. The van der Waals surface area contributed by atoms with Gasteiger partial charge in [0.15, 0.2) is 0 Å². The largest absolute Gasteiger partial charge is 0.495 e. The van der Waals surface area contributed by atoms with E-state index in [9.17, 15) is 9.59 Å². The number of carbonyl (C=O) groups excluding carboxylic acids is 1. The lowest BCUT2D eigenvalue weighted by Gasteiger charge is -2.09. The Balaban J connectivity index is 1.65. The molecule has 0 radical (unpaired) electrons. The highest BCUT2D eigenvalue weighted by molar-refractivity contribution is 7.16. The minimum Gasteiger partial charge on any atom is -0.495 e. The molecule has 0 aliphatic carbocycles. The Bertz CT molecular complexity index is 951. The van der Waals surface area contributed by atoms with E-state index in [1.165, 1.54) is 29.3 Å². The second-order valence-electron chi connectivity index (χ2n) is 5.03. The van der Waals surface area contributed by atoms with Gasteiger partial charge in [-0.25, -0.2) is 4.98 Å². The van der Waals surface area contributed by atoms with Crippen molar-refractivity contribution in [2.45, 2.75) is 13.0 Å². The van der Waals surface area contributed by atoms with E-state index in [1.54, 1.807) is 24.3 Å². The molecule has 6 nitrogen and oxygen atoms in total. The Hall–Kier alpha value is -2.38. The van der Waals surface area contributed by atoms with Crippen LogP contribution >= 0.6 is 22.9 Å². The Morgan fingerprint density at radius 2 is 2.25 bits per heavy atom. The van der Waals surface area contributed by atoms with Crippen molar-refractivity contribution in [2.24, 2.45) is 0 Å². The number of aromatic nitrogens is 2. The molecule has 2 aromatic heterocycles. The van der Waals surface area contributed by atoms with Gasteiger partial charge in [0.2, 0.25) is 5.91 Å². The van der Waals surface area contributed by atoms with Crippen LogP contribution < -0.4 is 15.6 Å². The fourth-order valence-electron chi connectivity index (χ4n) is 2.24. The molecular weight excluding hydrogens is 350 g/mol. The van der Waals surface area contributed by atoms with Crippen molar-refractivity contribution in [1.29, 1.82) is 0 Å².